The summed E-state index contributed by atoms with van der Waals surface area (Å²) in [4.78, 5) is 36.9. The minimum atomic E-state index is -4.47. The number of H-pyrrole nitrogens is 1. The standard InChI is InChI=1S/C40H47F3N4O2/c1-24-20-25(2)36(26(3)21-24)45-37(49)39(16-18-46(7)19-17-39)47(23-28-12-14-29(15-13-28)40(41,42)43)33(48)22-31-35(38(31,5)6)34-27(4)44-32-11-9-8-10-30(32)34/h8-15,20-21,31,35,44H,16-19,22-23H2,1-7H3,(H,45,49)/t31-,35-/m1/s1. The van der Waals surface area contributed by atoms with Crippen LogP contribution in [0.1, 0.15) is 78.1 Å². The number of piperidine rings is 1. The molecule has 9 heteroatoms. The van der Waals surface area contributed by atoms with E-state index in [4.69, 9.17) is 0 Å². The fourth-order valence-electron chi connectivity index (χ4n) is 8.37. The molecule has 2 aliphatic rings. The second-order valence-corrected chi connectivity index (χ2v) is 15.1. The largest absolute Gasteiger partial charge is 0.416 e. The molecule has 0 spiro atoms. The molecule has 6 nitrogen and oxygen atoms in total. The zero-order valence-electron chi connectivity index (χ0n) is 29.5. The Morgan fingerprint density at radius 2 is 1.57 bits per heavy atom. The van der Waals surface area contributed by atoms with Crippen LogP contribution >= 0.6 is 0 Å². The van der Waals surface area contributed by atoms with Crippen LogP contribution in [0.15, 0.2) is 60.7 Å². The summed E-state index contributed by atoms with van der Waals surface area (Å²) in [5.74, 6) is -0.244. The molecule has 1 saturated carbocycles. The minimum absolute atomic E-state index is 0.0287. The van der Waals surface area contributed by atoms with Gasteiger partial charge in [-0.25, -0.2) is 0 Å². The third kappa shape index (κ3) is 6.50. The Morgan fingerprint density at radius 3 is 2.18 bits per heavy atom. The highest BCUT2D eigenvalue weighted by molar-refractivity contribution is 6.02. The fourth-order valence-corrected chi connectivity index (χ4v) is 8.37. The Bertz CT molecular complexity index is 1860. The molecule has 0 radical (unpaired) electrons. The van der Waals surface area contributed by atoms with Crippen molar-refractivity contribution < 1.29 is 22.8 Å². The van der Waals surface area contributed by atoms with Gasteiger partial charge in [-0.15, -0.1) is 0 Å². The Hall–Kier alpha value is -4.11. The van der Waals surface area contributed by atoms with E-state index in [9.17, 15) is 22.8 Å². The molecule has 2 atom stereocenters. The topological polar surface area (TPSA) is 68.4 Å². The number of nitrogens with zero attached hydrogens (tertiary/aromatic N) is 2. The minimum Gasteiger partial charge on any atom is -0.358 e. The number of aromatic amines is 1. The van der Waals surface area contributed by atoms with E-state index in [-0.39, 0.29) is 42.0 Å². The summed E-state index contributed by atoms with van der Waals surface area (Å²) in [5.41, 5.74) is 5.52. The van der Waals surface area contributed by atoms with E-state index in [1.54, 1.807) is 4.90 Å². The van der Waals surface area contributed by atoms with E-state index >= 15 is 0 Å². The number of hydrogen-bond acceptors (Lipinski definition) is 3. The second-order valence-electron chi connectivity index (χ2n) is 15.1. The third-order valence-electron chi connectivity index (χ3n) is 11.3. The summed E-state index contributed by atoms with van der Waals surface area (Å²) in [6.45, 7) is 13.6. The van der Waals surface area contributed by atoms with Gasteiger partial charge >= 0.3 is 6.18 Å². The molecule has 0 bridgehead atoms. The van der Waals surface area contributed by atoms with Crippen LogP contribution in [-0.4, -0.2) is 52.3 Å². The lowest BCUT2D eigenvalue weighted by Crippen LogP contribution is -2.63. The molecule has 2 fully saturated rings. The smallest absolute Gasteiger partial charge is 0.358 e. The highest BCUT2D eigenvalue weighted by Crippen LogP contribution is 2.67. The molecule has 3 aromatic carbocycles. The molecular formula is C40H47F3N4O2. The van der Waals surface area contributed by atoms with Crippen molar-refractivity contribution in [1.29, 1.82) is 0 Å². The normalized spacial score (nSPS) is 20.3. The number of alkyl halides is 3. The number of aryl methyl sites for hydroxylation is 4. The fraction of sp³-hybridized carbons (Fsp3) is 0.450. The van der Waals surface area contributed by atoms with Gasteiger partial charge in [0, 0.05) is 48.3 Å². The zero-order chi connectivity index (χ0) is 35.5. The number of fused-ring (bicyclic) bond motifs is 1. The number of aromatic nitrogens is 1. The van der Waals surface area contributed by atoms with Crippen molar-refractivity contribution in [2.45, 2.75) is 85.0 Å². The van der Waals surface area contributed by atoms with Crippen LogP contribution in [0.4, 0.5) is 18.9 Å². The molecular weight excluding hydrogens is 625 g/mol. The van der Waals surface area contributed by atoms with Crippen molar-refractivity contribution in [2.75, 3.05) is 25.5 Å². The lowest BCUT2D eigenvalue weighted by molar-refractivity contribution is -0.150. The Morgan fingerprint density at radius 1 is 0.959 bits per heavy atom. The van der Waals surface area contributed by atoms with E-state index in [0.717, 1.165) is 51.1 Å². The lowest BCUT2D eigenvalue weighted by atomic mass is 9.83. The first kappa shape index (κ1) is 34.7. The summed E-state index contributed by atoms with van der Waals surface area (Å²) < 4.78 is 40.4. The number of nitrogens with one attached hydrogen (secondary N) is 2. The molecule has 2 amide bonds. The number of benzene rings is 3. The summed E-state index contributed by atoms with van der Waals surface area (Å²) in [6, 6.07) is 17.2. The predicted octanol–water partition coefficient (Wildman–Crippen LogP) is 8.68. The Kier molecular flexibility index (Phi) is 8.97. The van der Waals surface area contributed by atoms with Crippen molar-refractivity contribution >= 4 is 28.4 Å². The van der Waals surface area contributed by atoms with Crippen LogP contribution in [0.5, 0.6) is 0 Å². The Balaban J connectivity index is 1.38. The predicted molar refractivity (Wildman–Crippen MR) is 188 cm³/mol. The quantitative estimate of drug-likeness (QED) is 0.197. The maximum Gasteiger partial charge on any atom is 0.416 e. The van der Waals surface area contributed by atoms with Gasteiger partial charge in [0.05, 0.1) is 5.56 Å². The van der Waals surface area contributed by atoms with Crippen molar-refractivity contribution in [2.24, 2.45) is 11.3 Å². The number of halogens is 3. The van der Waals surface area contributed by atoms with Gasteiger partial charge in [0.25, 0.3) is 0 Å². The van der Waals surface area contributed by atoms with Gasteiger partial charge in [-0.3, -0.25) is 9.59 Å². The highest BCUT2D eigenvalue weighted by Gasteiger charge is 2.60. The van der Waals surface area contributed by atoms with Crippen molar-refractivity contribution in [3.63, 3.8) is 0 Å². The van der Waals surface area contributed by atoms with E-state index < -0.39 is 17.3 Å². The molecule has 2 heterocycles. The van der Waals surface area contributed by atoms with Crippen LogP contribution < -0.4 is 5.32 Å². The van der Waals surface area contributed by atoms with Crippen LogP contribution in [0.2, 0.25) is 0 Å². The van der Waals surface area contributed by atoms with Crippen molar-refractivity contribution in [3.8, 4) is 0 Å². The molecule has 1 saturated heterocycles. The second kappa shape index (κ2) is 12.7. The maximum absolute atomic E-state index is 14.8. The van der Waals surface area contributed by atoms with Crippen molar-refractivity contribution in [1.82, 2.24) is 14.8 Å². The van der Waals surface area contributed by atoms with Crippen LogP contribution in [0.25, 0.3) is 10.9 Å². The van der Waals surface area contributed by atoms with Gasteiger partial charge in [-0.1, -0.05) is 61.9 Å². The first-order valence-corrected chi connectivity index (χ1v) is 17.1. The molecule has 2 N–H and O–H groups in total. The van der Waals surface area contributed by atoms with Gasteiger partial charge in [0.1, 0.15) is 5.54 Å². The SMILES string of the molecule is Cc1cc(C)c(NC(=O)C2(N(Cc3ccc(C(F)(F)F)cc3)C(=O)C[C@@H]3[C@H](c4c(C)[nH]c5ccccc45)C3(C)C)CCN(C)CC2)c(C)c1. The molecule has 6 rings (SSSR count). The monoisotopic (exact) mass is 672 g/mol. The number of carbonyl (C=O) groups is 2. The van der Waals surface area contributed by atoms with Gasteiger partial charge in [0.15, 0.2) is 0 Å². The molecule has 1 aromatic heterocycles. The van der Waals surface area contributed by atoms with Gasteiger partial charge < -0.3 is 20.1 Å². The number of rotatable bonds is 8. The molecule has 49 heavy (non-hydrogen) atoms. The highest BCUT2D eigenvalue weighted by atomic mass is 19.4. The average Bonchev–Trinajstić information content (AvgIpc) is 3.38. The van der Waals surface area contributed by atoms with Gasteiger partial charge in [-0.05, 0) is 105 Å². The molecule has 260 valence electrons. The summed E-state index contributed by atoms with van der Waals surface area (Å²) in [7, 11) is 2.00. The molecule has 0 unspecified atom stereocenters. The first-order valence-electron chi connectivity index (χ1n) is 17.1. The molecule has 1 aliphatic carbocycles. The number of likely N-dealkylation sites (tertiary alicyclic amines) is 1. The third-order valence-corrected chi connectivity index (χ3v) is 11.3. The van der Waals surface area contributed by atoms with Crippen LogP contribution in [-0.2, 0) is 22.3 Å². The zero-order valence-corrected chi connectivity index (χ0v) is 29.5. The van der Waals surface area contributed by atoms with E-state index in [1.807, 2.05) is 52.1 Å². The van der Waals surface area contributed by atoms with Gasteiger partial charge in [-0.2, -0.15) is 13.2 Å². The van der Waals surface area contributed by atoms with Crippen LogP contribution in [0.3, 0.4) is 0 Å². The maximum atomic E-state index is 14.8. The van der Waals surface area contributed by atoms with E-state index in [0.29, 0.717) is 31.5 Å². The average molecular weight is 673 g/mol. The number of para-hydroxylation sites is 1. The van der Waals surface area contributed by atoms with Crippen LogP contribution in [0, 0.1) is 39.0 Å². The number of carbonyl (C=O) groups excluding carboxylic acids is 2. The molecule has 4 aromatic rings. The summed E-state index contributed by atoms with van der Waals surface area (Å²) in [5, 5.41) is 4.38. The number of amides is 2. The van der Waals surface area contributed by atoms with Crippen molar-refractivity contribution in [3.05, 3.63) is 99.7 Å². The van der Waals surface area contributed by atoms with Gasteiger partial charge in [0.2, 0.25) is 11.8 Å². The number of anilines is 1. The van der Waals surface area contributed by atoms with E-state index in [2.05, 4.69) is 48.1 Å². The van der Waals surface area contributed by atoms with E-state index in [1.165, 1.54) is 17.7 Å². The first-order chi connectivity index (χ1) is 23.0. The Labute approximate surface area is 287 Å². The summed E-state index contributed by atoms with van der Waals surface area (Å²) >= 11 is 0. The molecule has 1 aliphatic heterocycles. The summed E-state index contributed by atoms with van der Waals surface area (Å²) in [6.07, 6.45) is -3.43. The number of hydrogen-bond donors (Lipinski definition) is 2. The lowest BCUT2D eigenvalue weighted by Gasteiger charge is -2.47.